The molecule has 6 heteroatoms. The van der Waals surface area contributed by atoms with E-state index in [0.717, 1.165) is 29.1 Å². The zero-order chi connectivity index (χ0) is 17.5. The van der Waals surface area contributed by atoms with E-state index >= 15 is 0 Å². The number of aromatic nitrogens is 2. The van der Waals surface area contributed by atoms with Crippen molar-refractivity contribution in [2.24, 2.45) is 0 Å². The number of benzene rings is 1. The molecular weight excluding hydrogens is 334 g/mol. The van der Waals surface area contributed by atoms with Gasteiger partial charge in [0.15, 0.2) is 0 Å². The van der Waals surface area contributed by atoms with Crippen molar-refractivity contribution in [1.29, 1.82) is 0 Å². The second-order valence-electron chi connectivity index (χ2n) is 5.45. The lowest BCUT2D eigenvalue weighted by Crippen LogP contribution is -2.24. The molecule has 0 spiro atoms. The van der Waals surface area contributed by atoms with Crippen LogP contribution in [0.5, 0.6) is 5.75 Å². The van der Waals surface area contributed by atoms with Crippen molar-refractivity contribution in [3.05, 3.63) is 64.7 Å². The quantitative estimate of drug-likeness (QED) is 0.660. The molecule has 0 radical (unpaired) electrons. The van der Waals surface area contributed by atoms with Crippen LogP contribution in [0.1, 0.15) is 21.8 Å². The average molecular weight is 353 g/mol. The number of pyridine rings is 1. The Balaban J connectivity index is 1.47. The molecular formula is C19H19N3O2S. The molecule has 1 aromatic carbocycles. The van der Waals surface area contributed by atoms with Crippen LogP contribution in [0.4, 0.5) is 0 Å². The number of rotatable bonds is 7. The zero-order valence-electron chi connectivity index (χ0n) is 13.9. The van der Waals surface area contributed by atoms with Gasteiger partial charge in [-0.3, -0.25) is 9.78 Å². The number of hydrogen-bond donors (Lipinski definition) is 1. The van der Waals surface area contributed by atoms with Crippen LogP contribution in [-0.2, 0) is 6.42 Å². The summed E-state index contributed by atoms with van der Waals surface area (Å²) in [7, 11) is 1.59. The Morgan fingerprint density at radius 1 is 1.24 bits per heavy atom. The summed E-state index contributed by atoms with van der Waals surface area (Å²) in [5, 5.41) is 6.06. The predicted molar refractivity (Wildman–Crippen MR) is 99.0 cm³/mol. The van der Waals surface area contributed by atoms with E-state index in [-0.39, 0.29) is 5.91 Å². The Morgan fingerprint density at radius 2 is 2.08 bits per heavy atom. The summed E-state index contributed by atoms with van der Waals surface area (Å²) in [5.41, 5.74) is 2.65. The maximum absolute atomic E-state index is 12.1. The van der Waals surface area contributed by atoms with E-state index in [2.05, 4.69) is 20.7 Å². The molecule has 2 aromatic heterocycles. The van der Waals surface area contributed by atoms with E-state index in [1.54, 1.807) is 43.0 Å². The van der Waals surface area contributed by atoms with Crippen LogP contribution in [-0.4, -0.2) is 29.5 Å². The van der Waals surface area contributed by atoms with Gasteiger partial charge in [-0.05, 0) is 36.8 Å². The lowest BCUT2D eigenvalue weighted by atomic mass is 10.2. The van der Waals surface area contributed by atoms with Gasteiger partial charge in [-0.15, -0.1) is 11.3 Å². The molecule has 0 saturated heterocycles. The van der Waals surface area contributed by atoms with Gasteiger partial charge in [0.25, 0.3) is 5.91 Å². The molecule has 0 unspecified atom stereocenters. The summed E-state index contributed by atoms with van der Waals surface area (Å²) in [4.78, 5) is 20.8. The highest BCUT2D eigenvalue weighted by Gasteiger charge is 2.07. The molecule has 3 aromatic rings. The van der Waals surface area contributed by atoms with E-state index in [1.807, 2.05) is 24.3 Å². The van der Waals surface area contributed by atoms with Gasteiger partial charge in [0.1, 0.15) is 5.75 Å². The van der Waals surface area contributed by atoms with Crippen molar-refractivity contribution in [3.63, 3.8) is 0 Å². The molecule has 1 amide bonds. The smallest absolute Gasteiger partial charge is 0.251 e. The molecule has 3 rings (SSSR count). The van der Waals surface area contributed by atoms with Gasteiger partial charge in [-0.1, -0.05) is 6.07 Å². The van der Waals surface area contributed by atoms with E-state index in [1.165, 1.54) is 0 Å². The van der Waals surface area contributed by atoms with Crippen LogP contribution in [0.25, 0.3) is 11.3 Å². The zero-order valence-corrected chi connectivity index (χ0v) is 14.8. The molecule has 128 valence electrons. The van der Waals surface area contributed by atoms with Crippen molar-refractivity contribution in [1.82, 2.24) is 15.3 Å². The molecule has 5 nitrogen and oxygen atoms in total. The molecule has 0 aliphatic heterocycles. The minimum Gasteiger partial charge on any atom is -0.497 e. The van der Waals surface area contributed by atoms with Gasteiger partial charge >= 0.3 is 0 Å². The van der Waals surface area contributed by atoms with Crippen molar-refractivity contribution >= 4 is 17.2 Å². The third-order valence-electron chi connectivity index (χ3n) is 3.71. The maximum Gasteiger partial charge on any atom is 0.251 e. The Morgan fingerprint density at radius 3 is 2.88 bits per heavy atom. The number of carbonyl (C=O) groups excluding carboxylic acids is 1. The molecule has 1 N–H and O–H groups in total. The normalized spacial score (nSPS) is 10.4. The number of aryl methyl sites for hydroxylation is 1. The SMILES string of the molecule is COc1cccc(C(=O)NCCCc2nc(-c3ccncc3)cs2)c1. The monoisotopic (exact) mass is 353 g/mol. The second kappa shape index (κ2) is 8.39. The molecule has 0 aliphatic rings. The fourth-order valence-electron chi connectivity index (χ4n) is 2.39. The number of carbonyl (C=O) groups is 1. The lowest BCUT2D eigenvalue weighted by Gasteiger charge is -2.06. The highest BCUT2D eigenvalue weighted by molar-refractivity contribution is 7.09. The van der Waals surface area contributed by atoms with Crippen LogP contribution in [0, 0.1) is 0 Å². The molecule has 0 bridgehead atoms. The summed E-state index contributed by atoms with van der Waals surface area (Å²) in [6.45, 7) is 0.611. The van der Waals surface area contributed by atoms with E-state index in [4.69, 9.17) is 4.74 Å². The minimum atomic E-state index is -0.0875. The predicted octanol–water partition coefficient (Wildman–Crippen LogP) is 3.58. The van der Waals surface area contributed by atoms with Crippen LogP contribution < -0.4 is 10.1 Å². The number of ether oxygens (including phenoxy) is 1. The Hall–Kier alpha value is -2.73. The Labute approximate surface area is 150 Å². The highest BCUT2D eigenvalue weighted by atomic mass is 32.1. The highest BCUT2D eigenvalue weighted by Crippen LogP contribution is 2.21. The van der Waals surface area contributed by atoms with E-state index in [9.17, 15) is 4.79 Å². The maximum atomic E-state index is 12.1. The van der Waals surface area contributed by atoms with Crippen LogP contribution in [0.3, 0.4) is 0 Å². The van der Waals surface area contributed by atoms with Gasteiger partial charge in [0, 0.05) is 41.9 Å². The van der Waals surface area contributed by atoms with Crippen molar-refractivity contribution in [2.45, 2.75) is 12.8 Å². The lowest BCUT2D eigenvalue weighted by molar-refractivity contribution is 0.0953. The fraction of sp³-hybridized carbons (Fsp3) is 0.211. The first-order valence-corrected chi connectivity index (χ1v) is 8.91. The minimum absolute atomic E-state index is 0.0875. The van der Waals surface area contributed by atoms with Crippen LogP contribution >= 0.6 is 11.3 Å². The first-order chi connectivity index (χ1) is 12.3. The molecule has 0 aliphatic carbocycles. The van der Waals surface area contributed by atoms with E-state index in [0.29, 0.717) is 17.9 Å². The summed E-state index contributed by atoms with van der Waals surface area (Å²) >= 11 is 1.64. The largest absolute Gasteiger partial charge is 0.497 e. The number of thiazole rings is 1. The standard InChI is InChI=1S/C19H19N3O2S/c1-24-16-5-2-4-15(12-16)19(23)21-9-3-6-18-22-17(13-25-18)14-7-10-20-11-8-14/h2,4-5,7-8,10-13H,3,6,9H2,1H3,(H,21,23). The fourth-order valence-corrected chi connectivity index (χ4v) is 3.24. The summed E-state index contributed by atoms with van der Waals surface area (Å²) in [5.74, 6) is 0.592. The van der Waals surface area contributed by atoms with Crippen molar-refractivity contribution in [2.75, 3.05) is 13.7 Å². The van der Waals surface area contributed by atoms with Gasteiger partial charge in [0.05, 0.1) is 17.8 Å². The first-order valence-electron chi connectivity index (χ1n) is 8.03. The first kappa shape index (κ1) is 17.1. The Bertz CT molecular complexity index is 833. The molecule has 0 atom stereocenters. The third-order valence-corrected chi connectivity index (χ3v) is 4.62. The molecule has 25 heavy (non-hydrogen) atoms. The van der Waals surface area contributed by atoms with Crippen LogP contribution in [0.2, 0.25) is 0 Å². The summed E-state index contributed by atoms with van der Waals surface area (Å²) in [6, 6.07) is 11.0. The summed E-state index contributed by atoms with van der Waals surface area (Å²) in [6.07, 6.45) is 5.22. The third kappa shape index (κ3) is 4.64. The van der Waals surface area contributed by atoms with Crippen molar-refractivity contribution in [3.8, 4) is 17.0 Å². The number of hydrogen-bond acceptors (Lipinski definition) is 5. The van der Waals surface area contributed by atoms with Gasteiger partial charge in [-0.25, -0.2) is 4.98 Å². The van der Waals surface area contributed by atoms with Crippen LogP contribution in [0.15, 0.2) is 54.2 Å². The number of amides is 1. The topological polar surface area (TPSA) is 64.1 Å². The number of nitrogens with zero attached hydrogens (tertiary/aromatic N) is 2. The summed E-state index contributed by atoms with van der Waals surface area (Å²) < 4.78 is 5.14. The van der Waals surface area contributed by atoms with Gasteiger partial charge in [0.2, 0.25) is 0 Å². The Kier molecular flexibility index (Phi) is 5.74. The van der Waals surface area contributed by atoms with Gasteiger partial charge < -0.3 is 10.1 Å². The number of nitrogens with one attached hydrogen (secondary N) is 1. The number of methoxy groups -OCH3 is 1. The second-order valence-corrected chi connectivity index (χ2v) is 6.40. The average Bonchev–Trinajstić information content (AvgIpc) is 3.15. The van der Waals surface area contributed by atoms with E-state index < -0.39 is 0 Å². The molecule has 0 saturated carbocycles. The molecule has 2 heterocycles. The van der Waals surface area contributed by atoms with Crippen molar-refractivity contribution < 1.29 is 9.53 Å². The molecule has 0 fully saturated rings. The van der Waals surface area contributed by atoms with Gasteiger partial charge in [-0.2, -0.15) is 0 Å².